The lowest BCUT2D eigenvalue weighted by atomic mass is 9.72. The number of fused-ring (bicyclic) bond motifs is 1. The molecular weight excluding hydrogens is 355 g/mol. The predicted octanol–water partition coefficient (Wildman–Crippen LogP) is 0.914. The molecule has 1 aromatic carbocycles. The van der Waals surface area contributed by atoms with Crippen molar-refractivity contribution >= 4 is 35.2 Å². The number of aryl methyl sites for hydroxylation is 1. The molecule has 0 bridgehead atoms. The number of aromatic nitrogens is 1. The highest BCUT2D eigenvalue weighted by atomic mass is 32.1. The monoisotopic (exact) mass is 374 g/mol. The van der Waals surface area contributed by atoms with Crippen molar-refractivity contribution in [3.05, 3.63) is 40.4 Å². The maximum atomic E-state index is 12.7. The average Bonchev–Trinajstić information content (AvgIpc) is 3.03. The SMILES string of the molecule is CCO/N=C(\C(=O)N[C@H]1Cc2cccc(C)c2OB1O)c1csc(N)n1. The number of nitrogen functional groups attached to an aromatic ring is 1. The number of oxime groups is 1. The third kappa shape index (κ3) is 3.81. The Labute approximate surface area is 155 Å². The maximum Gasteiger partial charge on any atom is 0.547 e. The van der Waals surface area contributed by atoms with Crippen LogP contribution >= 0.6 is 11.3 Å². The van der Waals surface area contributed by atoms with Gasteiger partial charge in [-0.15, -0.1) is 11.3 Å². The number of hydrogen-bond acceptors (Lipinski definition) is 8. The first kappa shape index (κ1) is 18.2. The van der Waals surface area contributed by atoms with Gasteiger partial charge in [0.1, 0.15) is 18.1 Å². The van der Waals surface area contributed by atoms with Gasteiger partial charge in [0.25, 0.3) is 5.91 Å². The number of nitrogens with two attached hydrogens (primary N) is 1. The van der Waals surface area contributed by atoms with Crippen LogP contribution in [0.3, 0.4) is 0 Å². The molecule has 2 aromatic rings. The third-order valence-electron chi connectivity index (χ3n) is 3.90. The van der Waals surface area contributed by atoms with Gasteiger partial charge in [-0.1, -0.05) is 23.4 Å². The summed E-state index contributed by atoms with van der Waals surface area (Å²) in [5.41, 5.74) is 7.81. The molecular formula is C16H19BN4O4S. The predicted molar refractivity (Wildman–Crippen MR) is 100 cm³/mol. The molecule has 1 aromatic heterocycles. The van der Waals surface area contributed by atoms with Gasteiger partial charge in [0.2, 0.25) is 0 Å². The average molecular weight is 374 g/mol. The molecule has 8 nitrogen and oxygen atoms in total. The van der Waals surface area contributed by atoms with E-state index in [1.54, 1.807) is 12.3 Å². The molecule has 1 atom stereocenters. The van der Waals surface area contributed by atoms with Gasteiger partial charge in [0, 0.05) is 5.38 Å². The summed E-state index contributed by atoms with van der Waals surface area (Å²) in [7, 11) is -1.17. The fourth-order valence-electron chi connectivity index (χ4n) is 2.67. The largest absolute Gasteiger partial charge is 0.547 e. The number of hydrogen-bond donors (Lipinski definition) is 3. The van der Waals surface area contributed by atoms with Crippen LogP contribution in [-0.4, -0.2) is 41.3 Å². The van der Waals surface area contributed by atoms with E-state index in [9.17, 15) is 9.82 Å². The van der Waals surface area contributed by atoms with Crippen molar-refractivity contribution in [1.29, 1.82) is 0 Å². The van der Waals surface area contributed by atoms with E-state index in [1.165, 1.54) is 11.3 Å². The van der Waals surface area contributed by atoms with Crippen LogP contribution in [0.5, 0.6) is 5.75 Å². The van der Waals surface area contributed by atoms with Crippen LogP contribution < -0.4 is 15.7 Å². The third-order valence-corrected chi connectivity index (χ3v) is 4.57. The summed E-state index contributed by atoms with van der Waals surface area (Å²) in [6, 6.07) is 5.72. The van der Waals surface area contributed by atoms with E-state index >= 15 is 0 Å². The molecule has 0 unspecified atom stereocenters. The lowest BCUT2D eigenvalue weighted by Crippen LogP contribution is -2.54. The zero-order chi connectivity index (χ0) is 18.7. The van der Waals surface area contributed by atoms with Crippen LogP contribution in [0.25, 0.3) is 0 Å². The van der Waals surface area contributed by atoms with E-state index in [0.29, 0.717) is 29.6 Å². The Kier molecular flexibility index (Phi) is 5.43. The highest BCUT2D eigenvalue weighted by Gasteiger charge is 2.37. The number of para-hydroxylation sites is 1. The second-order valence-corrected chi connectivity index (χ2v) is 6.67. The van der Waals surface area contributed by atoms with Gasteiger partial charge in [0.05, 0.1) is 5.94 Å². The van der Waals surface area contributed by atoms with Crippen molar-refractivity contribution in [2.24, 2.45) is 5.16 Å². The minimum absolute atomic E-state index is 0.00189. The lowest BCUT2D eigenvalue weighted by Gasteiger charge is -2.29. The minimum Gasteiger partial charge on any atom is -0.534 e. The first-order chi connectivity index (χ1) is 12.5. The number of anilines is 1. The van der Waals surface area contributed by atoms with E-state index in [1.807, 2.05) is 25.1 Å². The highest BCUT2D eigenvalue weighted by molar-refractivity contribution is 7.13. The summed E-state index contributed by atoms with van der Waals surface area (Å²) in [6.07, 6.45) is 0.436. The van der Waals surface area contributed by atoms with E-state index in [4.69, 9.17) is 15.2 Å². The lowest BCUT2D eigenvalue weighted by molar-refractivity contribution is -0.115. The minimum atomic E-state index is -1.17. The van der Waals surface area contributed by atoms with E-state index < -0.39 is 19.0 Å². The number of benzene rings is 1. The second-order valence-electron chi connectivity index (χ2n) is 5.78. The summed E-state index contributed by atoms with van der Waals surface area (Å²) >= 11 is 1.20. The molecule has 0 radical (unpaired) electrons. The molecule has 2 heterocycles. The first-order valence-electron chi connectivity index (χ1n) is 8.15. The Hall–Kier alpha value is -2.59. The number of amides is 1. The number of carbonyl (C=O) groups excluding carboxylic acids is 1. The Bertz CT molecular complexity index is 841. The van der Waals surface area contributed by atoms with Gasteiger partial charge in [-0.3, -0.25) is 4.79 Å². The Morgan fingerprint density at radius 2 is 2.42 bits per heavy atom. The highest BCUT2D eigenvalue weighted by Crippen LogP contribution is 2.29. The number of nitrogens with one attached hydrogen (secondary N) is 1. The smallest absolute Gasteiger partial charge is 0.534 e. The van der Waals surface area contributed by atoms with Crippen molar-refractivity contribution in [2.45, 2.75) is 26.2 Å². The molecule has 1 aliphatic rings. The first-order valence-corrected chi connectivity index (χ1v) is 9.03. The molecule has 4 N–H and O–H groups in total. The molecule has 10 heteroatoms. The molecule has 0 aliphatic carbocycles. The molecule has 1 amide bonds. The number of carbonyl (C=O) groups is 1. The van der Waals surface area contributed by atoms with Crippen LogP contribution in [-0.2, 0) is 16.1 Å². The van der Waals surface area contributed by atoms with Crippen LogP contribution in [0.15, 0.2) is 28.7 Å². The molecule has 0 fully saturated rings. The molecule has 26 heavy (non-hydrogen) atoms. The summed E-state index contributed by atoms with van der Waals surface area (Å²) in [5, 5.41) is 18.8. The second kappa shape index (κ2) is 7.75. The van der Waals surface area contributed by atoms with Crippen LogP contribution in [0.1, 0.15) is 23.7 Å². The summed E-state index contributed by atoms with van der Waals surface area (Å²) < 4.78 is 5.58. The summed E-state index contributed by atoms with van der Waals surface area (Å²) in [4.78, 5) is 21.8. The zero-order valence-electron chi connectivity index (χ0n) is 14.4. The standard InChI is InChI=1S/C16H19BN4O4S/c1-3-24-21-13(11-8-26-16(18)19-11)15(22)20-12-7-10-6-4-5-9(2)14(10)25-17(12)23/h4-6,8,12,23H,3,7H2,1-2H3,(H2,18,19)(H,20,22)/b21-13-/t12-/m0/s1. The van der Waals surface area contributed by atoms with Crippen LogP contribution in [0.4, 0.5) is 5.13 Å². The Morgan fingerprint density at radius 3 is 3.12 bits per heavy atom. The van der Waals surface area contributed by atoms with E-state index in [0.717, 1.165) is 11.1 Å². The van der Waals surface area contributed by atoms with Gasteiger partial charge in [0.15, 0.2) is 10.8 Å². The number of rotatable bonds is 5. The van der Waals surface area contributed by atoms with Crippen molar-refractivity contribution in [2.75, 3.05) is 12.3 Å². The molecule has 0 saturated carbocycles. The molecule has 0 saturated heterocycles. The van der Waals surface area contributed by atoms with Gasteiger partial charge in [-0.05, 0) is 31.4 Å². The molecule has 3 rings (SSSR count). The quantitative estimate of drug-likeness (QED) is 0.407. The Morgan fingerprint density at radius 1 is 1.62 bits per heavy atom. The van der Waals surface area contributed by atoms with E-state index in [-0.39, 0.29) is 5.71 Å². The summed E-state index contributed by atoms with van der Waals surface area (Å²) in [6.45, 7) is 3.97. The normalized spacial score (nSPS) is 16.7. The fourth-order valence-corrected chi connectivity index (χ4v) is 3.22. The van der Waals surface area contributed by atoms with Gasteiger partial charge in [-0.25, -0.2) is 4.98 Å². The Balaban J connectivity index is 1.79. The maximum absolute atomic E-state index is 12.7. The van der Waals surface area contributed by atoms with Crippen molar-refractivity contribution < 1.29 is 19.3 Å². The molecule has 136 valence electrons. The number of thiazole rings is 1. The number of nitrogens with zero attached hydrogens (tertiary/aromatic N) is 2. The van der Waals surface area contributed by atoms with Gasteiger partial charge >= 0.3 is 7.12 Å². The van der Waals surface area contributed by atoms with Gasteiger partial charge in [-0.2, -0.15) is 0 Å². The van der Waals surface area contributed by atoms with Crippen molar-refractivity contribution in [1.82, 2.24) is 10.3 Å². The van der Waals surface area contributed by atoms with Crippen LogP contribution in [0, 0.1) is 6.92 Å². The van der Waals surface area contributed by atoms with Gasteiger partial charge < -0.3 is 25.6 Å². The van der Waals surface area contributed by atoms with Crippen molar-refractivity contribution in [3.63, 3.8) is 0 Å². The molecule has 1 aliphatic heterocycles. The fraction of sp³-hybridized carbons (Fsp3) is 0.312. The van der Waals surface area contributed by atoms with E-state index in [2.05, 4.69) is 15.5 Å². The zero-order valence-corrected chi connectivity index (χ0v) is 15.2. The topological polar surface area (TPSA) is 119 Å². The van der Waals surface area contributed by atoms with Crippen molar-refractivity contribution in [3.8, 4) is 5.75 Å². The van der Waals surface area contributed by atoms with Crippen LogP contribution in [0.2, 0.25) is 0 Å². The summed E-state index contributed by atoms with van der Waals surface area (Å²) in [5.74, 6) is -0.493. The molecule has 0 spiro atoms.